The number of aromatic nitrogens is 2. The number of rotatable bonds is 3. The van der Waals surface area contributed by atoms with E-state index in [1.807, 2.05) is 32.3 Å². The number of carbonyl (C=O) groups excluding carboxylic acids is 3. The average Bonchev–Trinajstić information content (AvgIpc) is 3.15. The van der Waals surface area contributed by atoms with Crippen LogP contribution in [0.25, 0.3) is 0 Å². The number of alkyl halides is 3. The summed E-state index contributed by atoms with van der Waals surface area (Å²) < 4.78 is 44.3. The minimum absolute atomic E-state index is 0.0233. The molecule has 0 bridgehead atoms. The predicted molar refractivity (Wildman–Crippen MR) is 116 cm³/mol. The van der Waals surface area contributed by atoms with E-state index in [0.29, 0.717) is 38.3 Å². The fraction of sp³-hybridized carbons (Fsp3) is 0.727. The Morgan fingerprint density at radius 3 is 2.26 bits per heavy atom. The number of halogens is 3. The van der Waals surface area contributed by atoms with Gasteiger partial charge in [0.25, 0.3) is 5.91 Å². The van der Waals surface area contributed by atoms with Gasteiger partial charge < -0.3 is 24.4 Å². The standard InChI is InChI=1S/C22H32F3N5O4/c1-14(22(23,24)25)34-19(33)28-8-6-21(5,7-9-28)27-17(31)15-12-29-10-11-30(13-16(29)26-15)18(32)20(2,3)4/h12,14H,6-11,13H2,1-5H3,(H,27,31). The minimum Gasteiger partial charge on any atom is -0.437 e. The van der Waals surface area contributed by atoms with E-state index in [1.165, 1.54) is 4.90 Å². The normalized spacial score (nSPS) is 19.3. The maximum absolute atomic E-state index is 12.9. The van der Waals surface area contributed by atoms with Gasteiger partial charge in [0.05, 0.1) is 6.54 Å². The van der Waals surface area contributed by atoms with Crippen LogP contribution in [0, 0.1) is 5.41 Å². The quantitative estimate of drug-likeness (QED) is 0.707. The molecular formula is C22H32F3N5O4. The van der Waals surface area contributed by atoms with E-state index in [-0.39, 0.29) is 30.6 Å². The zero-order valence-corrected chi connectivity index (χ0v) is 20.2. The molecule has 0 aromatic carbocycles. The van der Waals surface area contributed by atoms with Gasteiger partial charge in [-0.3, -0.25) is 9.59 Å². The van der Waals surface area contributed by atoms with Crippen molar-refractivity contribution in [3.05, 3.63) is 17.7 Å². The molecule has 1 aromatic heterocycles. The fourth-order valence-corrected chi connectivity index (χ4v) is 3.95. The summed E-state index contributed by atoms with van der Waals surface area (Å²) in [5.74, 6) is 0.283. The van der Waals surface area contributed by atoms with Crippen molar-refractivity contribution in [3.8, 4) is 0 Å². The Hall–Kier alpha value is -2.79. The minimum atomic E-state index is -4.62. The number of nitrogens with one attached hydrogen (secondary N) is 1. The molecule has 9 nitrogen and oxygen atoms in total. The summed E-state index contributed by atoms with van der Waals surface area (Å²) in [6.07, 6.45) is -5.44. The maximum atomic E-state index is 12.9. The van der Waals surface area contributed by atoms with Gasteiger partial charge in [0.2, 0.25) is 5.91 Å². The number of nitrogens with zero attached hydrogens (tertiary/aromatic N) is 4. The third-order valence-electron chi connectivity index (χ3n) is 6.24. The van der Waals surface area contributed by atoms with Gasteiger partial charge in [0, 0.05) is 43.3 Å². The van der Waals surface area contributed by atoms with Gasteiger partial charge in [0.1, 0.15) is 11.5 Å². The molecule has 0 aliphatic carbocycles. The second-order valence-corrected chi connectivity index (χ2v) is 10.3. The van der Waals surface area contributed by atoms with Crippen molar-refractivity contribution < 1.29 is 32.3 Å². The molecule has 190 valence electrons. The molecule has 1 N–H and O–H groups in total. The summed E-state index contributed by atoms with van der Waals surface area (Å²) in [4.78, 5) is 44.9. The highest BCUT2D eigenvalue weighted by molar-refractivity contribution is 5.92. The number of hydrogen-bond donors (Lipinski definition) is 1. The molecule has 3 rings (SSSR count). The summed E-state index contributed by atoms with van der Waals surface area (Å²) in [7, 11) is 0. The van der Waals surface area contributed by atoms with Crippen molar-refractivity contribution in [2.24, 2.45) is 5.41 Å². The van der Waals surface area contributed by atoms with Crippen LogP contribution in [-0.4, -0.2) is 74.7 Å². The van der Waals surface area contributed by atoms with Gasteiger partial charge in [-0.05, 0) is 26.7 Å². The van der Waals surface area contributed by atoms with Gasteiger partial charge in [-0.2, -0.15) is 13.2 Å². The number of carbonyl (C=O) groups is 3. The lowest BCUT2D eigenvalue weighted by Gasteiger charge is -2.39. The van der Waals surface area contributed by atoms with Gasteiger partial charge >= 0.3 is 12.3 Å². The third kappa shape index (κ3) is 5.82. The van der Waals surface area contributed by atoms with E-state index in [1.54, 1.807) is 11.1 Å². The highest BCUT2D eigenvalue weighted by Crippen LogP contribution is 2.27. The van der Waals surface area contributed by atoms with E-state index in [9.17, 15) is 27.6 Å². The Balaban J connectivity index is 1.56. The van der Waals surface area contributed by atoms with Crippen molar-refractivity contribution in [2.75, 3.05) is 19.6 Å². The molecule has 1 aromatic rings. The number of likely N-dealkylation sites (tertiary alicyclic amines) is 1. The molecule has 2 aliphatic rings. The van der Waals surface area contributed by atoms with Crippen molar-refractivity contribution in [1.29, 1.82) is 0 Å². The molecule has 1 saturated heterocycles. The Bertz CT molecular complexity index is 945. The molecule has 3 heterocycles. The molecule has 2 aliphatic heterocycles. The number of piperidine rings is 1. The second-order valence-electron chi connectivity index (χ2n) is 10.3. The Labute approximate surface area is 196 Å². The molecule has 1 fully saturated rings. The van der Waals surface area contributed by atoms with Crippen LogP contribution in [0.15, 0.2) is 6.20 Å². The number of ether oxygens (including phenoxy) is 1. The van der Waals surface area contributed by atoms with E-state index in [4.69, 9.17) is 0 Å². The second kappa shape index (κ2) is 9.10. The number of hydrogen-bond acceptors (Lipinski definition) is 5. The van der Waals surface area contributed by atoms with Gasteiger partial charge in [-0.25, -0.2) is 9.78 Å². The molecule has 1 atom stereocenters. The topological polar surface area (TPSA) is 96.8 Å². The smallest absolute Gasteiger partial charge is 0.425 e. The first-order valence-electron chi connectivity index (χ1n) is 11.3. The monoisotopic (exact) mass is 487 g/mol. The van der Waals surface area contributed by atoms with Crippen molar-refractivity contribution in [2.45, 2.75) is 78.4 Å². The molecule has 34 heavy (non-hydrogen) atoms. The summed E-state index contributed by atoms with van der Waals surface area (Å²) >= 11 is 0. The van der Waals surface area contributed by atoms with E-state index < -0.39 is 29.3 Å². The van der Waals surface area contributed by atoms with Gasteiger partial charge in [-0.1, -0.05) is 20.8 Å². The average molecular weight is 488 g/mol. The predicted octanol–water partition coefficient (Wildman–Crippen LogP) is 2.94. The van der Waals surface area contributed by atoms with Crippen LogP contribution in [0.1, 0.15) is 63.8 Å². The largest absolute Gasteiger partial charge is 0.437 e. The van der Waals surface area contributed by atoms with Crippen LogP contribution in [0.2, 0.25) is 0 Å². The highest BCUT2D eigenvalue weighted by atomic mass is 19.4. The van der Waals surface area contributed by atoms with Crippen LogP contribution in [0.4, 0.5) is 18.0 Å². The number of fused-ring (bicyclic) bond motifs is 1. The lowest BCUT2D eigenvalue weighted by Crippen LogP contribution is -2.54. The Kier molecular flexibility index (Phi) is 6.92. The summed E-state index contributed by atoms with van der Waals surface area (Å²) in [5, 5.41) is 2.95. The van der Waals surface area contributed by atoms with Crippen LogP contribution in [0.3, 0.4) is 0 Å². The molecule has 0 saturated carbocycles. The van der Waals surface area contributed by atoms with E-state index in [2.05, 4.69) is 15.0 Å². The lowest BCUT2D eigenvalue weighted by atomic mass is 9.89. The van der Waals surface area contributed by atoms with Crippen molar-refractivity contribution >= 4 is 17.9 Å². The molecular weight excluding hydrogens is 455 g/mol. The lowest BCUT2D eigenvalue weighted by molar-refractivity contribution is -0.200. The number of imidazole rings is 1. The zero-order valence-electron chi connectivity index (χ0n) is 20.2. The fourth-order valence-electron chi connectivity index (χ4n) is 3.95. The molecule has 0 radical (unpaired) electrons. The van der Waals surface area contributed by atoms with Gasteiger partial charge in [-0.15, -0.1) is 0 Å². The summed E-state index contributed by atoms with van der Waals surface area (Å²) in [5.41, 5.74) is -0.917. The van der Waals surface area contributed by atoms with Crippen LogP contribution < -0.4 is 5.32 Å². The van der Waals surface area contributed by atoms with Crippen molar-refractivity contribution in [1.82, 2.24) is 24.7 Å². The number of amides is 3. The SMILES string of the molecule is CC(OC(=O)N1CCC(C)(NC(=O)c2cn3c(n2)CN(C(=O)C(C)(C)C)CC3)CC1)C(F)(F)F. The zero-order chi connectivity index (χ0) is 25.5. The first-order chi connectivity index (χ1) is 15.6. The van der Waals surface area contributed by atoms with E-state index >= 15 is 0 Å². The van der Waals surface area contributed by atoms with Crippen molar-refractivity contribution in [3.63, 3.8) is 0 Å². The third-order valence-corrected chi connectivity index (χ3v) is 6.24. The summed E-state index contributed by atoms with van der Waals surface area (Å²) in [6, 6.07) is 0. The molecule has 1 unspecified atom stereocenters. The Morgan fingerprint density at radius 1 is 1.09 bits per heavy atom. The highest BCUT2D eigenvalue weighted by Gasteiger charge is 2.41. The summed E-state index contributed by atoms with van der Waals surface area (Å²) in [6.45, 7) is 9.91. The van der Waals surface area contributed by atoms with Gasteiger partial charge in [0.15, 0.2) is 6.10 Å². The molecule has 3 amide bonds. The van der Waals surface area contributed by atoms with Crippen LogP contribution in [0.5, 0.6) is 0 Å². The first-order valence-corrected chi connectivity index (χ1v) is 11.3. The van der Waals surface area contributed by atoms with Crippen LogP contribution in [-0.2, 0) is 22.6 Å². The van der Waals surface area contributed by atoms with Crippen LogP contribution >= 0.6 is 0 Å². The maximum Gasteiger partial charge on any atom is 0.425 e. The molecule has 12 heteroatoms. The Morgan fingerprint density at radius 2 is 1.71 bits per heavy atom. The first kappa shape index (κ1) is 25.8. The van der Waals surface area contributed by atoms with E-state index in [0.717, 1.165) is 6.92 Å². The molecule has 0 spiro atoms.